The average Bonchev–Trinajstić information content (AvgIpc) is 2.82. The van der Waals surface area contributed by atoms with Gasteiger partial charge in [0, 0.05) is 118 Å². The lowest BCUT2D eigenvalue weighted by Crippen LogP contribution is -2.46. The zero-order valence-corrected chi connectivity index (χ0v) is 21.9. The molecule has 0 aromatic rings. The van der Waals surface area contributed by atoms with Gasteiger partial charge >= 0.3 is 0 Å². The molecule has 0 heterocycles. The molecule has 0 bridgehead atoms. The zero-order chi connectivity index (χ0) is 24.6. The summed E-state index contributed by atoms with van der Waals surface area (Å²) in [7, 11) is 2.02. The Labute approximate surface area is 204 Å². The molecule has 0 aliphatic carbocycles. The first-order valence-corrected chi connectivity index (χ1v) is 13.2. The molecule has 0 rings (SSSR count). The molecule has 0 radical (unpaired) electrons. The quantitative estimate of drug-likeness (QED) is 0.0754. The molecule has 0 saturated carbocycles. The molecule has 0 saturated heterocycles. The molecule has 0 amide bonds. The molecule has 33 heavy (non-hydrogen) atoms. The summed E-state index contributed by atoms with van der Waals surface area (Å²) in [5.74, 6) is 0. The van der Waals surface area contributed by atoms with Gasteiger partial charge in [-0.3, -0.25) is 14.7 Å². The lowest BCUT2D eigenvalue weighted by atomic mass is 10.3. The summed E-state index contributed by atoms with van der Waals surface area (Å²) in [4.78, 5) is 10.0. The van der Waals surface area contributed by atoms with Crippen molar-refractivity contribution >= 4 is 0 Å². The van der Waals surface area contributed by atoms with Gasteiger partial charge in [-0.15, -0.1) is 0 Å². The summed E-state index contributed by atoms with van der Waals surface area (Å²) in [6.45, 7) is 20.2. The molecule has 10 heteroatoms. The fourth-order valence-electron chi connectivity index (χ4n) is 3.85. The van der Waals surface area contributed by atoms with Crippen LogP contribution in [0.2, 0.25) is 0 Å². The van der Waals surface area contributed by atoms with E-state index in [9.17, 15) is 0 Å². The van der Waals surface area contributed by atoms with Gasteiger partial charge in [0.2, 0.25) is 0 Å². The van der Waals surface area contributed by atoms with E-state index in [1.807, 2.05) is 7.05 Å². The van der Waals surface area contributed by atoms with Crippen LogP contribution >= 0.6 is 0 Å². The van der Waals surface area contributed by atoms with Crippen LogP contribution < -0.4 is 33.6 Å². The molecule has 10 nitrogen and oxygen atoms in total. The van der Waals surface area contributed by atoms with E-state index >= 15 is 0 Å². The molecule has 10 N–H and O–H groups in total. The first kappa shape index (κ1) is 32.6. The zero-order valence-electron chi connectivity index (χ0n) is 21.9. The Balaban J connectivity index is 4.82. The van der Waals surface area contributed by atoms with Gasteiger partial charge in [-0.25, -0.2) is 0 Å². The first-order valence-electron chi connectivity index (χ1n) is 13.2. The third-order valence-electron chi connectivity index (χ3n) is 5.97. The lowest BCUT2D eigenvalue weighted by Gasteiger charge is -2.31. The summed E-state index contributed by atoms with van der Waals surface area (Å²) < 4.78 is 0. The SMILES string of the molecule is CCCCN(CCN)CCN(CCNCCN)CCN(CCNC)CCN(CCN)CCN. The highest BCUT2D eigenvalue weighted by Crippen LogP contribution is 1.99. The van der Waals surface area contributed by atoms with Crippen molar-refractivity contribution in [1.82, 2.24) is 30.2 Å². The predicted molar refractivity (Wildman–Crippen MR) is 144 cm³/mol. The van der Waals surface area contributed by atoms with Crippen LogP contribution in [-0.4, -0.2) is 151 Å². The third-order valence-corrected chi connectivity index (χ3v) is 5.97. The topological polar surface area (TPSA) is 141 Å². The fraction of sp³-hybridized carbons (Fsp3) is 1.00. The monoisotopic (exact) mass is 474 g/mol. The minimum absolute atomic E-state index is 0.678. The van der Waals surface area contributed by atoms with Crippen molar-refractivity contribution in [2.24, 2.45) is 22.9 Å². The highest BCUT2D eigenvalue weighted by atomic mass is 15.2. The number of nitrogens with one attached hydrogen (secondary N) is 2. The molecule has 0 aromatic carbocycles. The largest absolute Gasteiger partial charge is 0.329 e. The van der Waals surface area contributed by atoms with Crippen molar-refractivity contribution in [2.45, 2.75) is 19.8 Å². The van der Waals surface area contributed by atoms with Crippen LogP contribution in [0.25, 0.3) is 0 Å². The Bertz CT molecular complexity index is 382. The second kappa shape index (κ2) is 24.7. The van der Waals surface area contributed by atoms with Gasteiger partial charge in [0.05, 0.1) is 0 Å². The molecular formula is C23H58N10. The van der Waals surface area contributed by atoms with E-state index < -0.39 is 0 Å². The molecule has 200 valence electrons. The summed E-state index contributed by atoms with van der Waals surface area (Å²) in [6.07, 6.45) is 2.46. The second-order valence-electron chi connectivity index (χ2n) is 8.73. The Morgan fingerprint density at radius 2 is 0.909 bits per heavy atom. The Hall–Kier alpha value is -0.400. The summed E-state index contributed by atoms with van der Waals surface area (Å²) >= 11 is 0. The molecule has 0 atom stereocenters. The number of nitrogens with zero attached hydrogens (tertiary/aromatic N) is 4. The van der Waals surface area contributed by atoms with Gasteiger partial charge in [-0.2, -0.15) is 0 Å². The van der Waals surface area contributed by atoms with Crippen LogP contribution in [0.3, 0.4) is 0 Å². The van der Waals surface area contributed by atoms with Gasteiger partial charge in [0.1, 0.15) is 0 Å². The fourth-order valence-corrected chi connectivity index (χ4v) is 3.85. The van der Waals surface area contributed by atoms with Crippen molar-refractivity contribution in [3.63, 3.8) is 0 Å². The molecule has 0 aromatic heterocycles. The number of unbranched alkanes of at least 4 members (excludes halogenated alkanes) is 1. The van der Waals surface area contributed by atoms with Crippen LogP contribution in [0.15, 0.2) is 0 Å². The molecule has 0 fully saturated rings. The van der Waals surface area contributed by atoms with E-state index in [0.29, 0.717) is 19.6 Å². The van der Waals surface area contributed by atoms with Crippen molar-refractivity contribution in [1.29, 1.82) is 0 Å². The molecular weight excluding hydrogens is 416 g/mol. The van der Waals surface area contributed by atoms with Crippen molar-refractivity contribution in [2.75, 3.05) is 131 Å². The number of hydrogen-bond donors (Lipinski definition) is 6. The Morgan fingerprint density at radius 1 is 0.485 bits per heavy atom. The van der Waals surface area contributed by atoms with Gasteiger partial charge in [0.15, 0.2) is 0 Å². The highest BCUT2D eigenvalue weighted by molar-refractivity contribution is 4.70. The van der Waals surface area contributed by atoms with Crippen LogP contribution in [0, 0.1) is 0 Å². The summed E-state index contributed by atoms with van der Waals surface area (Å²) in [6, 6.07) is 0. The minimum atomic E-state index is 0.678. The van der Waals surface area contributed by atoms with Gasteiger partial charge < -0.3 is 38.5 Å². The first-order chi connectivity index (χ1) is 16.1. The van der Waals surface area contributed by atoms with E-state index in [4.69, 9.17) is 22.9 Å². The standard InChI is InChI=1S/C23H58N10/c1-3-4-12-30(13-6-25)18-20-33(17-11-29-9-5-24)23-22-32(16-10-28-2)21-19-31(14-7-26)15-8-27/h28-29H,3-27H2,1-2H3. The molecule has 0 aliphatic heterocycles. The minimum Gasteiger partial charge on any atom is -0.329 e. The van der Waals surface area contributed by atoms with E-state index in [0.717, 1.165) is 105 Å². The Morgan fingerprint density at radius 3 is 1.30 bits per heavy atom. The normalized spacial score (nSPS) is 12.2. The van der Waals surface area contributed by atoms with E-state index in [1.54, 1.807) is 0 Å². The van der Waals surface area contributed by atoms with Crippen LogP contribution in [0.1, 0.15) is 19.8 Å². The smallest absolute Gasteiger partial charge is 0.0110 e. The van der Waals surface area contributed by atoms with Gasteiger partial charge in [0.25, 0.3) is 0 Å². The van der Waals surface area contributed by atoms with Crippen LogP contribution in [0.4, 0.5) is 0 Å². The Kier molecular flexibility index (Phi) is 24.4. The maximum atomic E-state index is 5.86. The average molecular weight is 475 g/mol. The summed E-state index contributed by atoms with van der Waals surface area (Å²) in [5, 5.41) is 6.75. The maximum Gasteiger partial charge on any atom is 0.0110 e. The lowest BCUT2D eigenvalue weighted by molar-refractivity contribution is 0.163. The van der Waals surface area contributed by atoms with Crippen molar-refractivity contribution in [3.05, 3.63) is 0 Å². The maximum absolute atomic E-state index is 5.86. The highest BCUT2D eigenvalue weighted by Gasteiger charge is 2.13. The summed E-state index contributed by atoms with van der Waals surface area (Å²) in [5.41, 5.74) is 23.1. The number of rotatable bonds is 26. The molecule has 0 unspecified atom stereocenters. The van der Waals surface area contributed by atoms with Gasteiger partial charge in [-0.1, -0.05) is 13.3 Å². The van der Waals surface area contributed by atoms with Crippen LogP contribution in [-0.2, 0) is 0 Å². The van der Waals surface area contributed by atoms with E-state index in [-0.39, 0.29) is 0 Å². The number of nitrogens with two attached hydrogens (primary N) is 4. The second-order valence-corrected chi connectivity index (χ2v) is 8.73. The van der Waals surface area contributed by atoms with Gasteiger partial charge in [-0.05, 0) is 20.0 Å². The van der Waals surface area contributed by atoms with E-state index in [1.165, 1.54) is 12.8 Å². The molecule has 0 aliphatic rings. The van der Waals surface area contributed by atoms with Crippen LogP contribution in [0.5, 0.6) is 0 Å². The third kappa shape index (κ3) is 19.6. The van der Waals surface area contributed by atoms with E-state index in [2.05, 4.69) is 37.2 Å². The predicted octanol–water partition coefficient (Wildman–Crippen LogP) is -2.36. The van der Waals surface area contributed by atoms with Crippen molar-refractivity contribution in [3.8, 4) is 0 Å². The number of hydrogen-bond acceptors (Lipinski definition) is 10. The van der Waals surface area contributed by atoms with Crippen molar-refractivity contribution < 1.29 is 0 Å². The number of likely N-dealkylation sites (N-methyl/N-ethyl adjacent to an activating group) is 1. The molecule has 0 spiro atoms.